The third kappa shape index (κ3) is 2.66. The maximum absolute atomic E-state index is 5.78. The summed E-state index contributed by atoms with van der Waals surface area (Å²) in [4.78, 5) is 4.76. The molecule has 3 rings (SSSR count). The van der Waals surface area contributed by atoms with E-state index in [2.05, 4.69) is 55.7 Å². The van der Waals surface area contributed by atoms with Crippen LogP contribution in [0.5, 0.6) is 0 Å². The fourth-order valence-electron chi connectivity index (χ4n) is 2.63. The number of rotatable bonds is 3. The summed E-state index contributed by atoms with van der Waals surface area (Å²) in [6.07, 6.45) is 0. The van der Waals surface area contributed by atoms with Gasteiger partial charge in [-0.2, -0.15) is 0 Å². The molecule has 3 heteroatoms. The van der Waals surface area contributed by atoms with E-state index >= 15 is 0 Å². The quantitative estimate of drug-likeness (QED) is 0.570. The van der Waals surface area contributed by atoms with Crippen molar-refractivity contribution in [2.24, 2.45) is 5.84 Å². The molecule has 0 saturated heterocycles. The Morgan fingerprint density at radius 3 is 2.43 bits per heavy atom. The number of hydrazine groups is 1. The molecular formula is C18H19N3. The lowest BCUT2D eigenvalue weighted by Crippen LogP contribution is -2.29. The molecule has 3 aromatic rings. The van der Waals surface area contributed by atoms with Crippen molar-refractivity contribution >= 4 is 10.9 Å². The monoisotopic (exact) mass is 277 g/mol. The van der Waals surface area contributed by atoms with Crippen LogP contribution in [0.1, 0.15) is 28.4 Å². The fraction of sp³-hybridized carbons (Fsp3) is 0.167. The van der Waals surface area contributed by atoms with Gasteiger partial charge in [0.2, 0.25) is 0 Å². The molecular weight excluding hydrogens is 258 g/mol. The highest BCUT2D eigenvalue weighted by atomic mass is 15.2. The average Bonchev–Trinajstić information content (AvgIpc) is 2.50. The van der Waals surface area contributed by atoms with Crippen molar-refractivity contribution in [3.63, 3.8) is 0 Å². The van der Waals surface area contributed by atoms with Crippen molar-refractivity contribution in [2.45, 2.75) is 19.9 Å². The van der Waals surface area contributed by atoms with E-state index in [0.717, 1.165) is 16.8 Å². The number of nitrogens with one attached hydrogen (secondary N) is 1. The minimum atomic E-state index is -0.103. The average molecular weight is 277 g/mol. The van der Waals surface area contributed by atoms with E-state index < -0.39 is 0 Å². The molecule has 1 heterocycles. The van der Waals surface area contributed by atoms with Gasteiger partial charge in [0.05, 0.1) is 17.3 Å². The Kier molecular flexibility index (Phi) is 3.69. The van der Waals surface area contributed by atoms with Crippen LogP contribution in [0.4, 0.5) is 0 Å². The number of nitrogens with zero attached hydrogens (tertiary/aromatic N) is 1. The Balaban J connectivity index is 2.10. The molecule has 3 N–H and O–H groups in total. The number of para-hydroxylation sites is 1. The number of hydrogen-bond donors (Lipinski definition) is 2. The molecule has 3 nitrogen and oxygen atoms in total. The number of aryl methyl sites for hydroxylation is 2. The standard InChI is InChI=1S/C18H19N3/c1-12-7-9-14(10-8-12)18(21-19)17-11-13(2)15-5-3-4-6-16(15)20-17/h3-11,18,21H,19H2,1-2H3. The Labute approximate surface area is 124 Å². The first-order chi connectivity index (χ1) is 10.2. The molecule has 106 valence electrons. The largest absolute Gasteiger partial charge is 0.271 e. The summed E-state index contributed by atoms with van der Waals surface area (Å²) < 4.78 is 0. The van der Waals surface area contributed by atoms with Crippen molar-refractivity contribution in [3.8, 4) is 0 Å². The van der Waals surface area contributed by atoms with Crippen LogP contribution in [0.15, 0.2) is 54.6 Å². The third-order valence-electron chi connectivity index (χ3n) is 3.82. The maximum Gasteiger partial charge on any atom is 0.0881 e. The molecule has 0 fully saturated rings. The van der Waals surface area contributed by atoms with E-state index in [1.54, 1.807) is 0 Å². The van der Waals surface area contributed by atoms with Crippen molar-refractivity contribution < 1.29 is 0 Å². The van der Waals surface area contributed by atoms with E-state index in [0.29, 0.717) is 0 Å². The van der Waals surface area contributed by atoms with E-state index in [-0.39, 0.29) is 6.04 Å². The predicted molar refractivity (Wildman–Crippen MR) is 86.8 cm³/mol. The lowest BCUT2D eigenvalue weighted by Gasteiger charge is -2.17. The fourth-order valence-corrected chi connectivity index (χ4v) is 2.63. The van der Waals surface area contributed by atoms with Crippen LogP contribution in [0.25, 0.3) is 10.9 Å². The zero-order valence-corrected chi connectivity index (χ0v) is 12.3. The Morgan fingerprint density at radius 2 is 1.71 bits per heavy atom. The maximum atomic E-state index is 5.78. The van der Waals surface area contributed by atoms with E-state index in [9.17, 15) is 0 Å². The minimum Gasteiger partial charge on any atom is -0.271 e. The van der Waals surface area contributed by atoms with Gasteiger partial charge in [0.1, 0.15) is 0 Å². The van der Waals surface area contributed by atoms with Gasteiger partial charge in [-0.05, 0) is 37.1 Å². The van der Waals surface area contributed by atoms with E-state index in [1.807, 2.05) is 18.2 Å². The number of hydrogen-bond acceptors (Lipinski definition) is 3. The van der Waals surface area contributed by atoms with Crippen LogP contribution in [0.2, 0.25) is 0 Å². The topological polar surface area (TPSA) is 50.9 Å². The first-order valence-corrected chi connectivity index (χ1v) is 7.08. The molecule has 0 saturated carbocycles. The first kappa shape index (κ1) is 13.7. The Bertz CT molecular complexity index is 763. The van der Waals surface area contributed by atoms with Crippen LogP contribution < -0.4 is 11.3 Å². The molecule has 0 aliphatic carbocycles. The first-order valence-electron chi connectivity index (χ1n) is 7.08. The van der Waals surface area contributed by atoms with Gasteiger partial charge in [-0.15, -0.1) is 0 Å². The van der Waals surface area contributed by atoms with Crippen LogP contribution in [-0.4, -0.2) is 4.98 Å². The number of nitrogens with two attached hydrogens (primary N) is 1. The molecule has 0 bridgehead atoms. The van der Waals surface area contributed by atoms with Gasteiger partial charge in [-0.25, -0.2) is 5.43 Å². The number of pyridine rings is 1. The predicted octanol–water partition coefficient (Wildman–Crippen LogP) is 3.40. The molecule has 1 atom stereocenters. The lowest BCUT2D eigenvalue weighted by molar-refractivity contribution is 0.622. The molecule has 1 unspecified atom stereocenters. The van der Waals surface area contributed by atoms with Gasteiger partial charge in [-0.1, -0.05) is 48.0 Å². The molecule has 2 aromatic carbocycles. The Morgan fingerprint density at radius 1 is 1.00 bits per heavy atom. The van der Waals surface area contributed by atoms with Crippen molar-refractivity contribution in [1.82, 2.24) is 10.4 Å². The molecule has 21 heavy (non-hydrogen) atoms. The number of aromatic nitrogens is 1. The van der Waals surface area contributed by atoms with Crippen LogP contribution in [0.3, 0.4) is 0 Å². The Hall–Kier alpha value is -2.23. The second-order valence-corrected chi connectivity index (χ2v) is 5.39. The summed E-state index contributed by atoms with van der Waals surface area (Å²) in [6.45, 7) is 4.18. The third-order valence-corrected chi connectivity index (χ3v) is 3.82. The van der Waals surface area contributed by atoms with Gasteiger partial charge in [0, 0.05) is 5.39 Å². The molecule has 0 amide bonds. The molecule has 0 aliphatic heterocycles. The second kappa shape index (κ2) is 5.64. The summed E-state index contributed by atoms with van der Waals surface area (Å²) in [7, 11) is 0. The summed E-state index contributed by atoms with van der Waals surface area (Å²) in [5.74, 6) is 5.78. The van der Waals surface area contributed by atoms with Gasteiger partial charge in [0.15, 0.2) is 0 Å². The lowest BCUT2D eigenvalue weighted by atomic mass is 10.00. The van der Waals surface area contributed by atoms with Gasteiger partial charge < -0.3 is 0 Å². The van der Waals surface area contributed by atoms with Crippen molar-refractivity contribution in [2.75, 3.05) is 0 Å². The SMILES string of the molecule is Cc1ccc(C(NN)c2cc(C)c3ccccc3n2)cc1. The molecule has 0 aliphatic rings. The summed E-state index contributed by atoms with van der Waals surface area (Å²) in [6, 6.07) is 18.5. The van der Waals surface area contributed by atoms with Crippen LogP contribution in [0, 0.1) is 13.8 Å². The van der Waals surface area contributed by atoms with Gasteiger partial charge in [0.25, 0.3) is 0 Å². The van der Waals surface area contributed by atoms with Crippen molar-refractivity contribution in [3.05, 3.63) is 77.0 Å². The van der Waals surface area contributed by atoms with E-state index in [4.69, 9.17) is 10.8 Å². The van der Waals surface area contributed by atoms with Gasteiger partial charge >= 0.3 is 0 Å². The second-order valence-electron chi connectivity index (χ2n) is 5.39. The van der Waals surface area contributed by atoms with Crippen LogP contribution >= 0.6 is 0 Å². The van der Waals surface area contributed by atoms with Gasteiger partial charge in [-0.3, -0.25) is 10.8 Å². The highest BCUT2D eigenvalue weighted by molar-refractivity contribution is 5.82. The highest BCUT2D eigenvalue weighted by Crippen LogP contribution is 2.25. The smallest absolute Gasteiger partial charge is 0.0881 e. The number of benzene rings is 2. The van der Waals surface area contributed by atoms with Crippen molar-refractivity contribution in [1.29, 1.82) is 0 Å². The normalized spacial score (nSPS) is 12.5. The highest BCUT2D eigenvalue weighted by Gasteiger charge is 2.15. The number of fused-ring (bicyclic) bond motifs is 1. The zero-order valence-electron chi connectivity index (χ0n) is 12.3. The molecule has 1 aromatic heterocycles. The summed E-state index contributed by atoms with van der Waals surface area (Å²) >= 11 is 0. The van der Waals surface area contributed by atoms with Crippen LogP contribution in [-0.2, 0) is 0 Å². The van der Waals surface area contributed by atoms with E-state index in [1.165, 1.54) is 16.5 Å². The summed E-state index contributed by atoms with van der Waals surface area (Å²) in [5, 5.41) is 1.18. The summed E-state index contributed by atoms with van der Waals surface area (Å²) in [5.41, 5.74) is 8.39. The minimum absolute atomic E-state index is 0.103. The zero-order chi connectivity index (χ0) is 14.8. The molecule has 0 radical (unpaired) electrons. The molecule has 0 spiro atoms.